The van der Waals surface area contributed by atoms with E-state index in [1.165, 1.54) is 32.3 Å². The molecule has 6 atom stereocenters. The van der Waals surface area contributed by atoms with Gasteiger partial charge in [-0.1, -0.05) is 0 Å². The Balaban J connectivity index is 1.27. The Kier molecular flexibility index (Phi) is 9.59. The van der Waals surface area contributed by atoms with Crippen LogP contribution in [0.1, 0.15) is 55.8 Å². The van der Waals surface area contributed by atoms with E-state index in [-0.39, 0.29) is 53.5 Å². The van der Waals surface area contributed by atoms with Gasteiger partial charge in [0, 0.05) is 50.2 Å². The lowest BCUT2D eigenvalue weighted by Gasteiger charge is -2.33. The third-order valence-corrected chi connectivity index (χ3v) is 10.2. The molecule has 0 saturated heterocycles. The molecule has 4 aliphatic carbocycles. The minimum absolute atomic E-state index is 0.101. The van der Waals surface area contributed by atoms with Crippen LogP contribution in [-0.2, 0) is 40.5 Å². The van der Waals surface area contributed by atoms with Crippen LogP contribution in [0.4, 0.5) is 5.69 Å². The van der Waals surface area contributed by atoms with Crippen LogP contribution in [0.2, 0.25) is 0 Å². The Morgan fingerprint density at radius 3 is 2.56 bits per heavy atom. The van der Waals surface area contributed by atoms with Crippen LogP contribution in [0, 0.1) is 17.8 Å². The van der Waals surface area contributed by atoms with Crippen molar-refractivity contribution in [1.29, 1.82) is 0 Å². The predicted octanol–water partition coefficient (Wildman–Crippen LogP) is -1.27. The van der Waals surface area contributed by atoms with Crippen molar-refractivity contribution in [2.75, 3.05) is 12.4 Å². The van der Waals surface area contributed by atoms with Crippen LogP contribution >= 0.6 is 0 Å². The molecule has 2 aromatic rings. The summed E-state index contributed by atoms with van der Waals surface area (Å²) in [6.07, 6.45) is 4.92. The minimum Gasteiger partial charge on any atom is -0.451 e. The smallest absolute Gasteiger partial charge is 0.287 e. The van der Waals surface area contributed by atoms with Crippen molar-refractivity contribution in [3.63, 3.8) is 0 Å². The van der Waals surface area contributed by atoms with Crippen molar-refractivity contribution in [2.45, 2.75) is 74.7 Å². The monoisotopic (exact) mass is 687 g/mol. The molecular formula is C30H37N7O10S. The molecule has 0 spiro atoms. The highest BCUT2D eigenvalue weighted by Crippen LogP contribution is 2.60. The fourth-order valence-electron chi connectivity index (χ4n) is 7.57. The lowest BCUT2D eigenvalue weighted by atomic mass is 9.78. The van der Waals surface area contributed by atoms with E-state index in [9.17, 15) is 42.0 Å². The van der Waals surface area contributed by atoms with Gasteiger partial charge in [-0.2, -0.15) is 0 Å². The zero-order chi connectivity index (χ0) is 35.0. The molecule has 4 aliphatic rings. The summed E-state index contributed by atoms with van der Waals surface area (Å²) in [5.74, 6) is -3.35. The second kappa shape index (κ2) is 13.3. The Morgan fingerprint density at radius 2 is 1.90 bits per heavy atom. The number of nitrogens with zero attached hydrogens (tertiary/aromatic N) is 1. The number of nitrogens with two attached hydrogens (primary N) is 1. The van der Waals surface area contributed by atoms with Gasteiger partial charge in [-0.15, -0.1) is 0 Å². The Labute approximate surface area is 274 Å². The molecule has 7 N–H and O–H groups in total. The van der Waals surface area contributed by atoms with Crippen LogP contribution in [0.5, 0.6) is 0 Å². The van der Waals surface area contributed by atoms with E-state index < -0.39 is 62.5 Å². The van der Waals surface area contributed by atoms with Gasteiger partial charge >= 0.3 is 0 Å². The molecule has 0 aliphatic heterocycles. The zero-order valence-corrected chi connectivity index (χ0v) is 27.1. The van der Waals surface area contributed by atoms with Gasteiger partial charge in [0.15, 0.2) is 0 Å². The fourth-order valence-corrected chi connectivity index (χ4v) is 8.04. The highest BCUT2D eigenvalue weighted by Gasteiger charge is 2.63. The molecule has 0 radical (unpaired) electrons. The second-order valence-electron chi connectivity index (χ2n) is 12.7. The number of hydrogen-bond acceptors (Lipinski definition) is 10. The van der Waals surface area contributed by atoms with Crippen LogP contribution in [-0.4, -0.2) is 73.0 Å². The SMILES string of the molecule is CNC(=O)C(=O)CC[C@H](NC(=O)c1coc(S(N)(=O)=O)c1)C(=O)Nc1cccn(CC(=O)NC2C3CC4CC2C(NC(C)=O)(C4)C3)c1=O. The van der Waals surface area contributed by atoms with Crippen molar-refractivity contribution < 1.29 is 41.6 Å². The summed E-state index contributed by atoms with van der Waals surface area (Å²) in [6, 6.07) is 1.97. The topological polar surface area (TPSA) is 258 Å². The van der Waals surface area contributed by atoms with Crippen LogP contribution in [0.15, 0.2) is 45.0 Å². The zero-order valence-electron chi connectivity index (χ0n) is 26.2. The van der Waals surface area contributed by atoms with Crippen molar-refractivity contribution in [1.82, 2.24) is 25.8 Å². The van der Waals surface area contributed by atoms with E-state index in [0.29, 0.717) is 5.92 Å². The highest BCUT2D eigenvalue weighted by molar-refractivity contribution is 7.89. The number of pyridine rings is 1. The number of likely N-dealkylation sites (N-methyl/N-ethyl adjacent to an activating group) is 1. The van der Waals surface area contributed by atoms with E-state index in [1.807, 2.05) is 0 Å². The number of nitrogens with one attached hydrogen (secondary N) is 5. The summed E-state index contributed by atoms with van der Waals surface area (Å²) in [7, 11) is -3.02. The summed E-state index contributed by atoms with van der Waals surface area (Å²) in [5, 5.41) is 17.5. The van der Waals surface area contributed by atoms with E-state index in [1.54, 1.807) is 0 Å². The summed E-state index contributed by atoms with van der Waals surface area (Å²) in [5.41, 5.74) is -1.56. The predicted molar refractivity (Wildman–Crippen MR) is 166 cm³/mol. The normalized spacial score (nSPS) is 24.4. The van der Waals surface area contributed by atoms with Gasteiger partial charge in [0.2, 0.25) is 28.6 Å². The van der Waals surface area contributed by atoms with Gasteiger partial charge < -0.3 is 35.6 Å². The Hall–Kier alpha value is -4.84. The molecule has 2 aromatic heterocycles. The summed E-state index contributed by atoms with van der Waals surface area (Å²) < 4.78 is 29.0. The number of amides is 5. The quantitative estimate of drug-likeness (QED) is 0.136. The van der Waals surface area contributed by atoms with Gasteiger partial charge in [0.25, 0.3) is 27.4 Å². The summed E-state index contributed by atoms with van der Waals surface area (Å²) in [6.45, 7) is 1.15. The molecule has 4 bridgehead atoms. The Morgan fingerprint density at radius 1 is 1.15 bits per heavy atom. The minimum atomic E-state index is -4.27. The number of sulfonamides is 1. The number of primary sulfonamides is 1. The first-order chi connectivity index (χ1) is 22.6. The number of carbonyl (C=O) groups excluding carboxylic acids is 6. The van der Waals surface area contributed by atoms with Gasteiger partial charge in [0.05, 0.1) is 5.56 Å². The van der Waals surface area contributed by atoms with E-state index in [0.717, 1.165) is 42.6 Å². The third kappa shape index (κ3) is 7.18. The standard InChI is InChI=1S/C30H37N7O10S/c1-15(38)36-30-11-16-8-17(12-30)25(19(30)9-16)35-23(40)13-37-7-3-4-21(29(37)44)34-27(42)20(5-6-22(39)28(43)32-2)33-26(41)18-10-24(47-14-18)48(31,45)46/h3-4,7,10,14,16-17,19-20,25H,5-6,8-9,11-13H2,1-2H3,(H,32,43)(H,33,41)(H,34,42)(H,35,40)(H,36,38)(H2,31,45,46)/t16?,17?,19?,20-,25?,30?/m0/s1. The first-order valence-electron chi connectivity index (χ1n) is 15.4. The lowest BCUT2D eigenvalue weighted by molar-refractivity contribution is -0.137. The van der Waals surface area contributed by atoms with Crippen molar-refractivity contribution in [3.8, 4) is 0 Å². The average Bonchev–Trinajstić information content (AvgIpc) is 3.66. The van der Waals surface area contributed by atoms with Gasteiger partial charge in [-0.3, -0.25) is 33.6 Å². The van der Waals surface area contributed by atoms with E-state index in [4.69, 9.17) is 9.56 Å². The maximum absolute atomic E-state index is 13.3. The number of furan rings is 1. The molecule has 258 valence electrons. The van der Waals surface area contributed by atoms with Crippen LogP contribution < -0.4 is 37.3 Å². The van der Waals surface area contributed by atoms with Gasteiger partial charge in [0.1, 0.15) is 24.5 Å². The van der Waals surface area contributed by atoms with Crippen molar-refractivity contribution in [3.05, 3.63) is 46.6 Å². The molecule has 4 saturated carbocycles. The second-order valence-corrected chi connectivity index (χ2v) is 14.1. The fraction of sp³-hybridized carbons (Fsp3) is 0.500. The van der Waals surface area contributed by atoms with Gasteiger partial charge in [-0.05, 0) is 56.1 Å². The Bertz CT molecular complexity index is 1840. The van der Waals surface area contributed by atoms with E-state index in [2.05, 4.69) is 26.6 Å². The molecular weight excluding hydrogens is 650 g/mol. The number of aromatic nitrogens is 1. The molecule has 2 heterocycles. The average molecular weight is 688 g/mol. The van der Waals surface area contributed by atoms with Gasteiger partial charge in [-0.25, -0.2) is 13.6 Å². The number of Topliss-reactive ketones (excluding diaryl/α,β-unsaturated/α-hetero) is 1. The molecule has 17 nitrogen and oxygen atoms in total. The largest absolute Gasteiger partial charge is 0.451 e. The summed E-state index contributed by atoms with van der Waals surface area (Å²) >= 11 is 0. The number of hydrogen-bond donors (Lipinski definition) is 6. The summed E-state index contributed by atoms with van der Waals surface area (Å²) in [4.78, 5) is 88.5. The maximum atomic E-state index is 13.3. The first-order valence-corrected chi connectivity index (χ1v) is 16.9. The van der Waals surface area contributed by atoms with Crippen LogP contribution in [0.25, 0.3) is 0 Å². The van der Waals surface area contributed by atoms with Crippen molar-refractivity contribution >= 4 is 51.0 Å². The highest BCUT2D eigenvalue weighted by atomic mass is 32.2. The van der Waals surface area contributed by atoms with Crippen LogP contribution in [0.3, 0.4) is 0 Å². The maximum Gasteiger partial charge on any atom is 0.287 e. The third-order valence-electron chi connectivity index (χ3n) is 9.38. The van der Waals surface area contributed by atoms with Crippen molar-refractivity contribution in [2.24, 2.45) is 22.9 Å². The van der Waals surface area contributed by atoms with E-state index >= 15 is 0 Å². The lowest BCUT2D eigenvalue weighted by Crippen LogP contribution is -2.51. The molecule has 0 aromatic carbocycles. The first kappa shape index (κ1) is 34.5. The molecule has 6 rings (SSSR count). The molecule has 5 unspecified atom stereocenters. The molecule has 18 heteroatoms. The number of anilines is 1. The number of rotatable bonds is 13. The molecule has 48 heavy (non-hydrogen) atoms. The number of ketones is 1. The number of carbonyl (C=O) groups is 6. The molecule has 5 amide bonds. The molecule has 4 fully saturated rings.